The average molecular weight is 230 g/mol. The van der Waals surface area contributed by atoms with Gasteiger partial charge in [-0.3, -0.25) is 9.59 Å². The number of aliphatic carboxylic acids is 1. The van der Waals surface area contributed by atoms with Gasteiger partial charge in [0.15, 0.2) is 0 Å². The number of nitrogens with two attached hydrogens (primary N) is 1. The van der Waals surface area contributed by atoms with Crippen LogP contribution in [0, 0.1) is 11.8 Å². The first-order chi connectivity index (χ1) is 7.34. The summed E-state index contributed by atoms with van der Waals surface area (Å²) in [5.41, 5.74) is 5.74. The molecule has 5 nitrogen and oxygen atoms in total. The lowest BCUT2D eigenvalue weighted by Gasteiger charge is -2.15. The van der Waals surface area contributed by atoms with Crippen molar-refractivity contribution in [3.63, 3.8) is 0 Å². The first-order valence-electron chi connectivity index (χ1n) is 5.59. The fourth-order valence-electron chi connectivity index (χ4n) is 1.07. The number of carbonyl (C=O) groups excluding carboxylic acids is 1. The highest BCUT2D eigenvalue weighted by Gasteiger charge is 2.14. The highest BCUT2D eigenvalue weighted by molar-refractivity contribution is 5.76. The van der Waals surface area contributed by atoms with E-state index in [-0.39, 0.29) is 17.9 Å². The molecule has 94 valence electrons. The van der Waals surface area contributed by atoms with Gasteiger partial charge in [0, 0.05) is 19.0 Å². The van der Waals surface area contributed by atoms with Gasteiger partial charge in [0.2, 0.25) is 5.91 Å². The number of amides is 1. The first kappa shape index (κ1) is 14.9. The molecule has 16 heavy (non-hydrogen) atoms. The van der Waals surface area contributed by atoms with Gasteiger partial charge in [-0.15, -0.1) is 0 Å². The minimum Gasteiger partial charge on any atom is -0.481 e. The van der Waals surface area contributed by atoms with Crippen LogP contribution in [0.4, 0.5) is 0 Å². The standard InChI is InChI=1S/C11H22N2O3/c1-7(2)9(12)6-10(14)13-5-4-8(3)11(15)16/h7-9H,4-6,12H2,1-3H3,(H,13,14)(H,15,16). The van der Waals surface area contributed by atoms with E-state index < -0.39 is 11.9 Å². The van der Waals surface area contributed by atoms with E-state index in [4.69, 9.17) is 10.8 Å². The number of nitrogens with one attached hydrogen (secondary N) is 1. The molecular formula is C11H22N2O3. The molecule has 0 aromatic rings. The molecule has 0 aliphatic rings. The van der Waals surface area contributed by atoms with Crippen LogP contribution < -0.4 is 11.1 Å². The Morgan fingerprint density at radius 3 is 2.31 bits per heavy atom. The Hall–Kier alpha value is -1.10. The zero-order chi connectivity index (χ0) is 12.7. The lowest BCUT2D eigenvalue weighted by atomic mass is 10.0. The molecule has 0 spiro atoms. The number of hydrogen-bond acceptors (Lipinski definition) is 3. The van der Waals surface area contributed by atoms with E-state index in [2.05, 4.69) is 5.32 Å². The maximum atomic E-state index is 11.4. The van der Waals surface area contributed by atoms with Crippen molar-refractivity contribution in [1.29, 1.82) is 0 Å². The molecule has 0 aliphatic heterocycles. The van der Waals surface area contributed by atoms with E-state index in [1.807, 2.05) is 13.8 Å². The van der Waals surface area contributed by atoms with Gasteiger partial charge < -0.3 is 16.2 Å². The minimum absolute atomic E-state index is 0.112. The molecule has 0 saturated heterocycles. The molecule has 2 unspecified atom stereocenters. The third kappa shape index (κ3) is 6.40. The maximum Gasteiger partial charge on any atom is 0.306 e. The summed E-state index contributed by atoms with van der Waals surface area (Å²) in [6, 6.07) is -0.142. The number of carboxylic acids is 1. The zero-order valence-corrected chi connectivity index (χ0v) is 10.2. The Kier molecular flexibility index (Phi) is 6.72. The Labute approximate surface area is 96.4 Å². The highest BCUT2D eigenvalue weighted by Crippen LogP contribution is 2.03. The van der Waals surface area contributed by atoms with Crippen LogP contribution in [0.3, 0.4) is 0 Å². The van der Waals surface area contributed by atoms with Gasteiger partial charge in [-0.05, 0) is 12.3 Å². The molecule has 0 fully saturated rings. The molecule has 5 heteroatoms. The average Bonchev–Trinajstić information content (AvgIpc) is 2.16. The largest absolute Gasteiger partial charge is 0.481 e. The van der Waals surface area contributed by atoms with Gasteiger partial charge in [0.25, 0.3) is 0 Å². The van der Waals surface area contributed by atoms with Crippen LogP contribution in [0.5, 0.6) is 0 Å². The molecule has 1 amide bonds. The van der Waals surface area contributed by atoms with Crippen molar-refractivity contribution >= 4 is 11.9 Å². The summed E-state index contributed by atoms with van der Waals surface area (Å²) in [4.78, 5) is 21.9. The molecule has 0 rings (SSSR count). The Morgan fingerprint density at radius 2 is 1.88 bits per heavy atom. The molecule has 0 saturated carbocycles. The van der Waals surface area contributed by atoms with Gasteiger partial charge in [0.1, 0.15) is 0 Å². The van der Waals surface area contributed by atoms with Crippen molar-refractivity contribution < 1.29 is 14.7 Å². The van der Waals surface area contributed by atoms with Crippen molar-refractivity contribution in [2.75, 3.05) is 6.54 Å². The van der Waals surface area contributed by atoms with Gasteiger partial charge in [0.05, 0.1) is 5.92 Å². The normalized spacial score (nSPS) is 14.6. The summed E-state index contributed by atoms with van der Waals surface area (Å²) in [6.07, 6.45) is 0.733. The van der Waals surface area contributed by atoms with Gasteiger partial charge in [-0.1, -0.05) is 20.8 Å². The van der Waals surface area contributed by atoms with Crippen LogP contribution >= 0.6 is 0 Å². The molecule has 0 heterocycles. The summed E-state index contributed by atoms with van der Waals surface area (Å²) in [5.74, 6) is -1.12. The van der Waals surface area contributed by atoms with Crippen LogP contribution in [0.2, 0.25) is 0 Å². The van der Waals surface area contributed by atoms with E-state index in [1.54, 1.807) is 6.92 Å². The number of hydrogen-bond donors (Lipinski definition) is 3. The van der Waals surface area contributed by atoms with E-state index >= 15 is 0 Å². The van der Waals surface area contributed by atoms with Crippen molar-refractivity contribution in [2.24, 2.45) is 17.6 Å². The molecule has 0 aromatic carbocycles. The number of carboxylic acid groups (broad SMARTS) is 1. The fourth-order valence-corrected chi connectivity index (χ4v) is 1.07. The predicted octanol–water partition coefficient (Wildman–Crippen LogP) is 0.587. The van der Waals surface area contributed by atoms with Crippen LogP contribution in [0.1, 0.15) is 33.6 Å². The Bertz CT molecular complexity index is 241. The van der Waals surface area contributed by atoms with Gasteiger partial charge in [-0.25, -0.2) is 0 Å². The monoisotopic (exact) mass is 230 g/mol. The summed E-state index contributed by atoms with van der Waals surface area (Å²) in [5, 5.41) is 11.3. The smallest absolute Gasteiger partial charge is 0.306 e. The number of rotatable bonds is 7. The van der Waals surface area contributed by atoms with Gasteiger partial charge in [-0.2, -0.15) is 0 Å². The van der Waals surface area contributed by atoms with Gasteiger partial charge >= 0.3 is 5.97 Å². The lowest BCUT2D eigenvalue weighted by Crippen LogP contribution is -2.35. The first-order valence-corrected chi connectivity index (χ1v) is 5.59. The highest BCUT2D eigenvalue weighted by atomic mass is 16.4. The van der Waals surface area contributed by atoms with Crippen molar-refractivity contribution in [3.8, 4) is 0 Å². The fraction of sp³-hybridized carbons (Fsp3) is 0.818. The van der Waals surface area contributed by atoms with Crippen LogP contribution in [-0.4, -0.2) is 29.6 Å². The second-order valence-corrected chi connectivity index (χ2v) is 4.49. The second kappa shape index (κ2) is 7.22. The van der Waals surface area contributed by atoms with Crippen LogP contribution in [0.15, 0.2) is 0 Å². The maximum absolute atomic E-state index is 11.4. The molecule has 4 N–H and O–H groups in total. The molecule has 0 bridgehead atoms. The minimum atomic E-state index is -0.840. The lowest BCUT2D eigenvalue weighted by molar-refractivity contribution is -0.141. The topological polar surface area (TPSA) is 92.4 Å². The van der Waals surface area contributed by atoms with E-state index in [0.717, 1.165) is 0 Å². The summed E-state index contributed by atoms with van der Waals surface area (Å²) in [7, 11) is 0. The van der Waals surface area contributed by atoms with Crippen molar-refractivity contribution in [2.45, 2.75) is 39.7 Å². The summed E-state index contributed by atoms with van der Waals surface area (Å²) < 4.78 is 0. The molecule has 0 aliphatic carbocycles. The SMILES string of the molecule is CC(CCNC(=O)CC(N)C(C)C)C(=O)O. The molecular weight excluding hydrogens is 208 g/mol. The molecule has 0 radical (unpaired) electrons. The summed E-state index contributed by atoms with van der Waals surface area (Å²) >= 11 is 0. The third-order valence-electron chi connectivity index (χ3n) is 2.60. The van der Waals surface area contributed by atoms with E-state index in [0.29, 0.717) is 19.4 Å². The summed E-state index contributed by atoms with van der Waals surface area (Å²) in [6.45, 7) is 5.93. The Morgan fingerprint density at radius 1 is 1.31 bits per heavy atom. The van der Waals surface area contributed by atoms with E-state index in [9.17, 15) is 9.59 Å². The Balaban J connectivity index is 3.70. The molecule has 0 aromatic heterocycles. The van der Waals surface area contributed by atoms with Crippen LogP contribution in [-0.2, 0) is 9.59 Å². The zero-order valence-electron chi connectivity index (χ0n) is 10.2. The second-order valence-electron chi connectivity index (χ2n) is 4.49. The van der Waals surface area contributed by atoms with Crippen molar-refractivity contribution in [3.05, 3.63) is 0 Å². The van der Waals surface area contributed by atoms with Crippen LogP contribution in [0.25, 0.3) is 0 Å². The third-order valence-corrected chi connectivity index (χ3v) is 2.60. The predicted molar refractivity (Wildman–Crippen MR) is 61.9 cm³/mol. The molecule has 2 atom stereocenters. The van der Waals surface area contributed by atoms with E-state index in [1.165, 1.54) is 0 Å². The van der Waals surface area contributed by atoms with Crippen molar-refractivity contribution in [1.82, 2.24) is 5.32 Å². The number of carbonyl (C=O) groups is 2. The quantitative estimate of drug-likeness (QED) is 0.596.